The van der Waals surface area contributed by atoms with Crippen LogP contribution in [0.1, 0.15) is 25.2 Å². The van der Waals surface area contributed by atoms with E-state index < -0.39 is 35.8 Å². The molecular weight excluding hydrogens is 496 g/mol. The maximum Gasteiger partial charge on any atom is 0.433 e. The van der Waals surface area contributed by atoms with E-state index >= 15 is 0 Å². The van der Waals surface area contributed by atoms with Gasteiger partial charge in [0.15, 0.2) is 5.82 Å². The molecule has 0 aliphatic rings. The minimum Gasteiger partial charge on any atom is -0.467 e. The van der Waals surface area contributed by atoms with Crippen molar-refractivity contribution in [2.75, 3.05) is 17.7 Å². The smallest absolute Gasteiger partial charge is 0.433 e. The molecule has 0 saturated heterocycles. The summed E-state index contributed by atoms with van der Waals surface area (Å²) in [6.45, 7) is 3.39. The van der Waals surface area contributed by atoms with E-state index in [1.807, 2.05) is 0 Å². The number of anilines is 3. The fourth-order valence-corrected chi connectivity index (χ4v) is 2.88. The summed E-state index contributed by atoms with van der Waals surface area (Å²) in [7, 11) is 1.17. The number of alkyl halides is 6. The second kappa shape index (κ2) is 10.3. The van der Waals surface area contributed by atoms with Crippen molar-refractivity contribution in [3.05, 3.63) is 47.9 Å². The summed E-state index contributed by atoms with van der Waals surface area (Å²) in [6.07, 6.45) is -8.56. The second-order valence-corrected chi connectivity index (χ2v) is 7.65. The minimum atomic E-state index is -4.75. The van der Waals surface area contributed by atoms with Crippen molar-refractivity contribution in [2.45, 2.75) is 32.2 Å². The third-order valence-corrected chi connectivity index (χ3v) is 4.62. The Morgan fingerprint density at radius 2 is 1.58 bits per heavy atom. The number of ether oxygens (including phenoxy) is 1. The van der Waals surface area contributed by atoms with Gasteiger partial charge in [0.1, 0.15) is 23.1 Å². The van der Waals surface area contributed by atoms with Gasteiger partial charge in [-0.05, 0) is 30.2 Å². The highest BCUT2D eigenvalue weighted by atomic mass is 19.4. The third-order valence-electron chi connectivity index (χ3n) is 4.62. The molecule has 0 amide bonds. The number of nitrogens with one attached hydrogen (secondary N) is 2. The first kappa shape index (κ1) is 26.6. The molecule has 192 valence electrons. The Hall–Kier alpha value is -4.04. The van der Waals surface area contributed by atoms with Crippen molar-refractivity contribution < 1.29 is 35.9 Å². The Morgan fingerprint density at radius 1 is 0.917 bits per heavy atom. The van der Waals surface area contributed by atoms with E-state index in [0.29, 0.717) is 6.07 Å². The molecule has 3 rings (SSSR count). The summed E-state index contributed by atoms with van der Waals surface area (Å²) >= 11 is 0. The molecule has 3 aromatic heterocycles. The molecule has 0 aromatic carbocycles. The van der Waals surface area contributed by atoms with Crippen molar-refractivity contribution in [1.82, 2.24) is 24.9 Å². The highest BCUT2D eigenvalue weighted by molar-refractivity contribution is 5.79. The van der Waals surface area contributed by atoms with Gasteiger partial charge < -0.3 is 15.4 Å². The summed E-state index contributed by atoms with van der Waals surface area (Å²) in [5.74, 6) is -1.90. The van der Waals surface area contributed by atoms with Crippen LogP contribution in [0.4, 0.5) is 43.9 Å². The van der Waals surface area contributed by atoms with Crippen molar-refractivity contribution in [1.29, 1.82) is 0 Å². The summed E-state index contributed by atoms with van der Waals surface area (Å²) in [5.41, 5.74) is -2.79. The molecule has 9 nitrogen and oxygen atoms in total. The molecular formula is C21H19F6N7O2. The predicted octanol–water partition coefficient (Wildman–Crippen LogP) is 4.72. The van der Waals surface area contributed by atoms with Gasteiger partial charge in [-0.3, -0.25) is 4.98 Å². The number of methoxy groups -OCH3 is 1. The molecule has 36 heavy (non-hydrogen) atoms. The first-order chi connectivity index (χ1) is 16.8. The lowest BCUT2D eigenvalue weighted by molar-refractivity contribution is -0.143. The van der Waals surface area contributed by atoms with Crippen LogP contribution in [0.2, 0.25) is 0 Å². The predicted molar refractivity (Wildman–Crippen MR) is 115 cm³/mol. The first-order valence-corrected chi connectivity index (χ1v) is 10.2. The average molecular weight is 515 g/mol. The molecule has 0 spiro atoms. The van der Waals surface area contributed by atoms with Gasteiger partial charge in [-0.1, -0.05) is 19.9 Å². The lowest BCUT2D eigenvalue weighted by Gasteiger charge is -2.20. The van der Waals surface area contributed by atoms with E-state index in [9.17, 15) is 31.1 Å². The third kappa shape index (κ3) is 6.55. The van der Waals surface area contributed by atoms with Crippen LogP contribution in [0.3, 0.4) is 0 Å². The van der Waals surface area contributed by atoms with Gasteiger partial charge in [-0.15, -0.1) is 0 Å². The molecule has 0 radical (unpaired) electrons. The fourth-order valence-electron chi connectivity index (χ4n) is 2.88. The van der Waals surface area contributed by atoms with Gasteiger partial charge in [-0.25, -0.2) is 9.78 Å². The average Bonchev–Trinajstić information content (AvgIpc) is 2.81. The van der Waals surface area contributed by atoms with Crippen molar-refractivity contribution in [3.8, 4) is 11.5 Å². The Bertz CT molecular complexity index is 1230. The fraction of sp³-hybridized carbons (Fsp3) is 0.333. The lowest BCUT2D eigenvalue weighted by Crippen LogP contribution is -2.36. The molecule has 3 aromatic rings. The van der Waals surface area contributed by atoms with Crippen molar-refractivity contribution in [2.24, 2.45) is 5.92 Å². The highest BCUT2D eigenvalue weighted by Crippen LogP contribution is 2.31. The quantitative estimate of drug-likeness (QED) is 0.341. The molecule has 0 bridgehead atoms. The van der Waals surface area contributed by atoms with Crippen LogP contribution in [0.15, 0.2) is 36.5 Å². The number of halogens is 6. The first-order valence-electron chi connectivity index (χ1n) is 10.2. The number of aromatic nitrogens is 5. The summed E-state index contributed by atoms with van der Waals surface area (Å²) in [5, 5.41) is 5.28. The Balaban J connectivity index is 2.08. The summed E-state index contributed by atoms with van der Waals surface area (Å²) in [6, 6.07) is 4.02. The lowest BCUT2D eigenvalue weighted by atomic mass is 10.1. The maximum atomic E-state index is 13.2. The van der Waals surface area contributed by atoms with E-state index in [-0.39, 0.29) is 35.0 Å². The van der Waals surface area contributed by atoms with Crippen LogP contribution in [0, 0.1) is 5.92 Å². The molecule has 0 fully saturated rings. The number of carbonyl (C=O) groups is 1. The molecule has 15 heteroatoms. The van der Waals surface area contributed by atoms with E-state index in [2.05, 4.69) is 35.6 Å². The molecule has 3 heterocycles. The monoisotopic (exact) mass is 515 g/mol. The van der Waals surface area contributed by atoms with Gasteiger partial charge in [-0.2, -0.15) is 41.3 Å². The number of esters is 1. The van der Waals surface area contributed by atoms with Crippen molar-refractivity contribution >= 4 is 23.6 Å². The zero-order chi connectivity index (χ0) is 26.7. The molecule has 0 aliphatic heterocycles. The number of hydrogen-bond acceptors (Lipinski definition) is 9. The van der Waals surface area contributed by atoms with E-state index in [0.717, 1.165) is 18.3 Å². The molecule has 1 unspecified atom stereocenters. The van der Waals surface area contributed by atoms with E-state index in [4.69, 9.17) is 4.74 Å². The number of carbonyl (C=O) groups excluding carboxylic acids is 1. The van der Waals surface area contributed by atoms with Crippen LogP contribution in [0.5, 0.6) is 0 Å². The second-order valence-electron chi connectivity index (χ2n) is 7.65. The molecule has 1 atom stereocenters. The zero-order valence-electron chi connectivity index (χ0n) is 18.9. The van der Waals surface area contributed by atoms with E-state index in [1.165, 1.54) is 19.2 Å². The molecule has 0 aliphatic carbocycles. The van der Waals surface area contributed by atoms with Gasteiger partial charge in [0.05, 0.1) is 7.11 Å². The minimum absolute atomic E-state index is 0.106. The van der Waals surface area contributed by atoms with Gasteiger partial charge >= 0.3 is 18.3 Å². The highest BCUT2D eigenvalue weighted by Gasteiger charge is 2.34. The summed E-state index contributed by atoms with van der Waals surface area (Å²) in [4.78, 5) is 31.1. The van der Waals surface area contributed by atoms with Crippen molar-refractivity contribution in [3.63, 3.8) is 0 Å². The normalized spacial score (nSPS) is 12.8. The van der Waals surface area contributed by atoms with Gasteiger partial charge in [0.25, 0.3) is 0 Å². The Labute approximate surface area is 200 Å². The molecule has 2 N–H and O–H groups in total. The Morgan fingerprint density at radius 3 is 2.19 bits per heavy atom. The van der Waals surface area contributed by atoms with Gasteiger partial charge in [0.2, 0.25) is 11.9 Å². The standard InChI is InChI=1S/C21H19F6N7O2/c1-10(2)15(17(35)36-3)31-19-33-16(12-5-4-6-13(30-12)20(22,23)24)32-18(34-19)29-11-7-8-28-14(9-11)21(25,26)27/h4-10,15H,1-3H3,(H2,28,29,31,32,33,34). The van der Waals surface area contributed by atoms with Crippen LogP contribution < -0.4 is 10.6 Å². The largest absolute Gasteiger partial charge is 0.467 e. The topological polar surface area (TPSA) is 115 Å². The van der Waals surface area contributed by atoms with Crippen LogP contribution in [-0.2, 0) is 21.9 Å². The molecule has 0 saturated carbocycles. The van der Waals surface area contributed by atoms with Crippen LogP contribution in [-0.4, -0.2) is 44.0 Å². The summed E-state index contributed by atoms with van der Waals surface area (Å²) < 4.78 is 83.3. The van der Waals surface area contributed by atoms with Gasteiger partial charge in [0, 0.05) is 11.9 Å². The number of nitrogens with zero attached hydrogens (tertiary/aromatic N) is 5. The number of hydrogen-bond donors (Lipinski definition) is 2. The zero-order valence-corrected chi connectivity index (χ0v) is 18.9. The SMILES string of the molecule is COC(=O)C(Nc1nc(Nc2ccnc(C(F)(F)F)c2)nc(-c2cccc(C(F)(F)F)n2)n1)C(C)C. The number of rotatable bonds is 7. The maximum absolute atomic E-state index is 13.2. The number of pyridine rings is 2. The van der Waals surface area contributed by atoms with E-state index in [1.54, 1.807) is 13.8 Å². The Kier molecular flexibility index (Phi) is 7.59. The van der Waals surface area contributed by atoms with Crippen LogP contribution >= 0.6 is 0 Å². The van der Waals surface area contributed by atoms with Crippen LogP contribution in [0.25, 0.3) is 11.5 Å².